The third-order valence-corrected chi connectivity index (χ3v) is 8.01. The number of ether oxygens (including phenoxy) is 2. The zero-order chi connectivity index (χ0) is 26.8. The summed E-state index contributed by atoms with van der Waals surface area (Å²) in [6.45, 7) is 5.40. The molecule has 0 bridgehead atoms. The minimum Gasteiger partial charge on any atom is -0.462 e. The van der Waals surface area contributed by atoms with E-state index in [1.807, 2.05) is 24.3 Å². The van der Waals surface area contributed by atoms with Gasteiger partial charge in [-0.1, -0.05) is 48.2 Å². The number of anilines is 1. The average molecular weight is 549 g/mol. The number of benzene rings is 2. The van der Waals surface area contributed by atoms with Gasteiger partial charge in [-0.25, -0.2) is 14.6 Å². The van der Waals surface area contributed by atoms with Crippen LogP contribution in [0.2, 0.25) is 0 Å². The van der Waals surface area contributed by atoms with Crippen LogP contribution in [0.5, 0.6) is 0 Å². The number of fused-ring (bicyclic) bond motifs is 3. The van der Waals surface area contributed by atoms with Crippen molar-refractivity contribution in [1.82, 2.24) is 15.2 Å². The largest absolute Gasteiger partial charge is 0.462 e. The smallest absolute Gasteiger partial charge is 0.348 e. The zero-order valence-corrected chi connectivity index (χ0v) is 22.6. The van der Waals surface area contributed by atoms with Crippen LogP contribution >= 0.6 is 23.1 Å². The Hall–Kier alpha value is -3.83. The number of nitrogens with zero attached hydrogens (tertiary/aromatic N) is 3. The lowest BCUT2D eigenvalue weighted by Gasteiger charge is -2.07. The molecule has 0 fully saturated rings. The van der Waals surface area contributed by atoms with Crippen LogP contribution in [0.25, 0.3) is 33.3 Å². The second kappa shape index (κ2) is 10.9. The van der Waals surface area contributed by atoms with E-state index >= 15 is 0 Å². The average Bonchev–Trinajstić information content (AvgIpc) is 3.40. The first-order valence-electron chi connectivity index (χ1n) is 12.1. The molecule has 1 N–H and O–H groups in total. The van der Waals surface area contributed by atoms with Crippen molar-refractivity contribution in [2.24, 2.45) is 0 Å². The van der Waals surface area contributed by atoms with Gasteiger partial charge >= 0.3 is 11.9 Å². The van der Waals surface area contributed by atoms with Gasteiger partial charge < -0.3 is 14.8 Å². The van der Waals surface area contributed by atoms with Crippen LogP contribution in [0.15, 0.2) is 41.6 Å². The summed E-state index contributed by atoms with van der Waals surface area (Å²) < 4.78 is 10.2. The molecule has 0 unspecified atom stereocenters. The van der Waals surface area contributed by atoms with Gasteiger partial charge in [-0.3, -0.25) is 4.79 Å². The number of rotatable bonds is 9. The summed E-state index contributed by atoms with van der Waals surface area (Å²) in [5, 5.41) is 14.5. The highest BCUT2D eigenvalue weighted by Crippen LogP contribution is 2.45. The minimum absolute atomic E-state index is 0.134. The van der Waals surface area contributed by atoms with Gasteiger partial charge in [-0.15, -0.1) is 21.5 Å². The number of hydrogen-bond donors (Lipinski definition) is 1. The van der Waals surface area contributed by atoms with Crippen LogP contribution in [0, 0.1) is 6.92 Å². The Labute approximate surface area is 227 Å². The molecule has 2 heterocycles. The van der Waals surface area contributed by atoms with Crippen LogP contribution in [0.3, 0.4) is 0 Å². The number of thioether (sulfide) groups is 1. The number of carbonyl (C=O) groups excluding carboxylic acids is 3. The van der Waals surface area contributed by atoms with Gasteiger partial charge in [-0.2, -0.15) is 0 Å². The number of hydrogen-bond acceptors (Lipinski definition) is 10. The molecule has 0 spiro atoms. The van der Waals surface area contributed by atoms with Crippen molar-refractivity contribution in [2.45, 2.75) is 32.3 Å². The molecule has 9 nitrogen and oxygen atoms in total. The lowest BCUT2D eigenvalue weighted by molar-refractivity contribution is -0.115. The lowest BCUT2D eigenvalue weighted by Crippen LogP contribution is -2.15. The molecule has 0 radical (unpaired) electrons. The summed E-state index contributed by atoms with van der Waals surface area (Å²) in [4.78, 5) is 42.7. The summed E-state index contributed by atoms with van der Waals surface area (Å²) >= 11 is 2.33. The monoisotopic (exact) mass is 548 g/mol. The molecule has 1 amide bonds. The maximum Gasteiger partial charge on any atom is 0.348 e. The van der Waals surface area contributed by atoms with Crippen molar-refractivity contribution in [1.29, 1.82) is 0 Å². The van der Waals surface area contributed by atoms with E-state index < -0.39 is 11.9 Å². The molecule has 2 aromatic heterocycles. The quantitative estimate of drug-likeness (QED) is 0.188. The van der Waals surface area contributed by atoms with E-state index in [4.69, 9.17) is 14.5 Å². The Morgan fingerprint density at radius 2 is 1.63 bits per heavy atom. The van der Waals surface area contributed by atoms with E-state index in [1.54, 1.807) is 20.8 Å². The predicted molar refractivity (Wildman–Crippen MR) is 147 cm³/mol. The Bertz CT molecular complexity index is 1580. The first-order valence-corrected chi connectivity index (χ1v) is 13.9. The van der Waals surface area contributed by atoms with E-state index in [9.17, 15) is 14.4 Å². The molecular formula is C27H24N4O5S2. The molecule has 0 saturated heterocycles. The van der Waals surface area contributed by atoms with E-state index in [0.29, 0.717) is 16.5 Å². The number of carbonyl (C=O) groups is 3. The van der Waals surface area contributed by atoms with Gasteiger partial charge in [-0.05, 0) is 31.7 Å². The number of esters is 2. The number of thiophene rings is 1. The SMILES string of the molecule is CCOC(=O)c1sc(NC(=O)CCSc2nnc3c(n2)-c2cccc4cccc-3c24)c(C(=O)OCC)c1C. The van der Waals surface area contributed by atoms with E-state index in [0.717, 1.165) is 44.6 Å². The standard InChI is InChI=1S/C27H24N4O5S2/c1-4-35-25(33)19-14(3)23(26(34)36-5-2)38-24(19)28-18(32)12-13-37-27-29-21-16-10-6-8-15-9-7-11-17(20(15)16)22(21)30-31-27/h6-11H,4-5,12-13H2,1-3H3,(H,28,32). The van der Waals surface area contributed by atoms with Gasteiger partial charge in [0, 0.05) is 28.7 Å². The highest BCUT2D eigenvalue weighted by molar-refractivity contribution is 7.99. The van der Waals surface area contributed by atoms with Crippen LogP contribution in [-0.4, -0.2) is 52.0 Å². The van der Waals surface area contributed by atoms with E-state index in [-0.39, 0.29) is 41.0 Å². The maximum absolute atomic E-state index is 12.8. The molecule has 5 rings (SSSR count). The van der Waals surface area contributed by atoms with Gasteiger partial charge in [0.2, 0.25) is 11.1 Å². The minimum atomic E-state index is -0.602. The third kappa shape index (κ3) is 4.74. The van der Waals surface area contributed by atoms with Crippen molar-refractivity contribution in [3.8, 4) is 22.5 Å². The van der Waals surface area contributed by atoms with Crippen LogP contribution in [0.4, 0.5) is 5.00 Å². The van der Waals surface area contributed by atoms with Gasteiger partial charge in [0.25, 0.3) is 0 Å². The van der Waals surface area contributed by atoms with Crippen LogP contribution in [0.1, 0.15) is 45.9 Å². The first kappa shape index (κ1) is 25.8. The van der Waals surface area contributed by atoms with Crippen molar-refractivity contribution in [2.75, 3.05) is 24.3 Å². The summed E-state index contributed by atoms with van der Waals surface area (Å²) in [6.07, 6.45) is 0.134. The Balaban J connectivity index is 1.28. The molecule has 0 aliphatic heterocycles. The van der Waals surface area contributed by atoms with Crippen molar-refractivity contribution in [3.05, 3.63) is 52.4 Å². The fourth-order valence-electron chi connectivity index (χ4n) is 4.34. The van der Waals surface area contributed by atoms with Crippen LogP contribution in [-0.2, 0) is 14.3 Å². The number of aromatic nitrogens is 3. The topological polar surface area (TPSA) is 120 Å². The molecule has 4 aromatic rings. The molecule has 1 aliphatic carbocycles. The fraction of sp³-hybridized carbons (Fsp3) is 0.259. The van der Waals surface area contributed by atoms with Gasteiger partial charge in [0.15, 0.2) is 0 Å². The molecule has 38 heavy (non-hydrogen) atoms. The van der Waals surface area contributed by atoms with E-state index in [2.05, 4.69) is 27.6 Å². The van der Waals surface area contributed by atoms with Crippen LogP contribution < -0.4 is 5.32 Å². The Kier molecular flexibility index (Phi) is 7.39. The van der Waals surface area contributed by atoms with Crippen molar-refractivity contribution in [3.63, 3.8) is 0 Å². The van der Waals surface area contributed by atoms with E-state index in [1.165, 1.54) is 11.8 Å². The first-order chi connectivity index (χ1) is 18.4. The summed E-state index contributed by atoms with van der Waals surface area (Å²) in [5.74, 6) is -1.07. The number of amides is 1. The Morgan fingerprint density at radius 3 is 2.34 bits per heavy atom. The molecular weight excluding hydrogens is 524 g/mol. The number of nitrogens with one attached hydrogen (secondary N) is 1. The second-order valence-electron chi connectivity index (χ2n) is 8.35. The molecule has 11 heteroatoms. The zero-order valence-electron chi connectivity index (χ0n) is 21.0. The van der Waals surface area contributed by atoms with Crippen molar-refractivity contribution < 1.29 is 23.9 Å². The van der Waals surface area contributed by atoms with Gasteiger partial charge in [0.1, 0.15) is 21.3 Å². The highest BCUT2D eigenvalue weighted by Gasteiger charge is 2.28. The molecule has 1 aliphatic rings. The molecule has 2 aromatic carbocycles. The fourth-order valence-corrected chi connectivity index (χ4v) is 6.17. The molecule has 0 atom stereocenters. The maximum atomic E-state index is 12.8. The van der Waals surface area contributed by atoms with Gasteiger partial charge in [0.05, 0.1) is 18.8 Å². The van der Waals surface area contributed by atoms with Crippen molar-refractivity contribution >= 4 is 56.7 Å². The summed E-state index contributed by atoms with van der Waals surface area (Å²) in [5.41, 5.74) is 4.19. The summed E-state index contributed by atoms with van der Waals surface area (Å²) in [6, 6.07) is 12.2. The predicted octanol–water partition coefficient (Wildman–Crippen LogP) is 5.52. The normalized spacial score (nSPS) is 11.3. The molecule has 0 saturated carbocycles. The third-order valence-electron chi connectivity index (χ3n) is 5.98. The Morgan fingerprint density at radius 1 is 0.947 bits per heavy atom. The summed E-state index contributed by atoms with van der Waals surface area (Å²) in [7, 11) is 0. The highest BCUT2D eigenvalue weighted by atomic mass is 32.2. The lowest BCUT2D eigenvalue weighted by atomic mass is 10.0. The molecule has 194 valence electrons. The second-order valence-corrected chi connectivity index (χ2v) is 10.4.